The Labute approximate surface area is 87.9 Å². The van der Waals surface area contributed by atoms with Crippen LogP contribution in [0.25, 0.3) is 0 Å². The molecule has 0 aliphatic carbocycles. The van der Waals surface area contributed by atoms with Gasteiger partial charge in [0.05, 0.1) is 0 Å². The van der Waals surface area contributed by atoms with Crippen LogP contribution >= 0.6 is 11.6 Å². The zero-order valence-electron chi connectivity index (χ0n) is 8.06. The van der Waals surface area contributed by atoms with Gasteiger partial charge in [0.2, 0.25) is 0 Å². The van der Waals surface area contributed by atoms with E-state index >= 15 is 0 Å². The fourth-order valence-electron chi connectivity index (χ4n) is 1.37. The quantitative estimate of drug-likeness (QED) is 0.675. The van der Waals surface area contributed by atoms with Crippen molar-refractivity contribution in [3.8, 4) is 0 Å². The monoisotopic (exact) mass is 218 g/mol. The summed E-state index contributed by atoms with van der Waals surface area (Å²) >= 11 is 5.71. The summed E-state index contributed by atoms with van der Waals surface area (Å²) in [7, 11) is 0. The highest BCUT2D eigenvalue weighted by atomic mass is 35.5. The van der Waals surface area contributed by atoms with Crippen LogP contribution in [0.15, 0.2) is 18.2 Å². The van der Waals surface area contributed by atoms with Gasteiger partial charge < -0.3 is 0 Å². The minimum absolute atomic E-state index is 0.290. The van der Waals surface area contributed by atoms with Crippen molar-refractivity contribution in [2.45, 2.75) is 19.8 Å². The average molecular weight is 219 g/mol. The summed E-state index contributed by atoms with van der Waals surface area (Å²) in [6.07, 6.45) is 1.55. The third kappa shape index (κ3) is 3.26. The number of alkyl halides is 1. The topological polar surface area (TPSA) is 0 Å². The Morgan fingerprint density at radius 2 is 1.79 bits per heavy atom. The largest absolute Gasteiger partial charge is 0.207 e. The van der Waals surface area contributed by atoms with E-state index in [4.69, 9.17) is 11.6 Å². The summed E-state index contributed by atoms with van der Waals surface area (Å²) in [4.78, 5) is 0. The maximum Gasteiger partial charge on any atom is 0.126 e. The molecule has 14 heavy (non-hydrogen) atoms. The van der Waals surface area contributed by atoms with Crippen molar-refractivity contribution in [3.05, 3.63) is 35.4 Å². The van der Waals surface area contributed by atoms with E-state index in [2.05, 4.69) is 0 Å². The van der Waals surface area contributed by atoms with E-state index in [0.29, 0.717) is 17.9 Å². The van der Waals surface area contributed by atoms with Crippen molar-refractivity contribution in [3.63, 3.8) is 0 Å². The SMILES string of the molecule is CCC(CCl)Cc1cc(F)cc(F)c1. The van der Waals surface area contributed by atoms with Crippen LogP contribution in [0.5, 0.6) is 0 Å². The average Bonchev–Trinajstić information content (AvgIpc) is 2.12. The molecule has 0 saturated heterocycles. The second-order valence-corrected chi connectivity index (χ2v) is 3.72. The van der Waals surface area contributed by atoms with Crippen LogP contribution < -0.4 is 0 Å². The normalized spacial score (nSPS) is 12.9. The lowest BCUT2D eigenvalue weighted by atomic mass is 9.99. The third-order valence-electron chi connectivity index (χ3n) is 2.24. The molecule has 0 N–H and O–H groups in total. The predicted octanol–water partition coefficient (Wildman–Crippen LogP) is 3.77. The highest BCUT2D eigenvalue weighted by Crippen LogP contribution is 2.16. The van der Waals surface area contributed by atoms with Gasteiger partial charge in [0, 0.05) is 11.9 Å². The van der Waals surface area contributed by atoms with Gasteiger partial charge in [0.15, 0.2) is 0 Å². The highest BCUT2D eigenvalue weighted by Gasteiger charge is 2.07. The number of hydrogen-bond donors (Lipinski definition) is 0. The fraction of sp³-hybridized carbons (Fsp3) is 0.455. The smallest absolute Gasteiger partial charge is 0.126 e. The second kappa shape index (κ2) is 5.30. The molecule has 3 heteroatoms. The molecule has 0 nitrogen and oxygen atoms in total. The molecule has 0 aliphatic heterocycles. The molecule has 0 radical (unpaired) electrons. The molecule has 1 unspecified atom stereocenters. The van der Waals surface area contributed by atoms with E-state index in [0.717, 1.165) is 12.5 Å². The lowest BCUT2D eigenvalue weighted by Crippen LogP contribution is -2.05. The summed E-state index contributed by atoms with van der Waals surface area (Å²) in [5.74, 6) is -0.235. The van der Waals surface area contributed by atoms with Gasteiger partial charge in [0.25, 0.3) is 0 Å². The first-order chi connectivity index (χ1) is 6.65. The maximum absolute atomic E-state index is 12.8. The molecular weight excluding hydrogens is 206 g/mol. The van der Waals surface area contributed by atoms with Crippen molar-refractivity contribution in [2.75, 3.05) is 5.88 Å². The first-order valence-electron chi connectivity index (χ1n) is 4.66. The van der Waals surface area contributed by atoms with Crippen LogP contribution in [0.3, 0.4) is 0 Å². The fourth-order valence-corrected chi connectivity index (χ4v) is 1.70. The Bertz CT molecular complexity index is 275. The van der Waals surface area contributed by atoms with E-state index in [1.807, 2.05) is 6.92 Å². The van der Waals surface area contributed by atoms with E-state index in [1.165, 1.54) is 12.1 Å². The summed E-state index contributed by atoms with van der Waals surface area (Å²) < 4.78 is 25.6. The lowest BCUT2D eigenvalue weighted by molar-refractivity contribution is 0.548. The Kier molecular flexibility index (Phi) is 4.33. The van der Waals surface area contributed by atoms with Gasteiger partial charge in [-0.15, -0.1) is 11.6 Å². The zero-order valence-corrected chi connectivity index (χ0v) is 8.82. The van der Waals surface area contributed by atoms with Crippen molar-refractivity contribution in [2.24, 2.45) is 5.92 Å². The number of halogens is 3. The Morgan fingerprint density at radius 1 is 1.21 bits per heavy atom. The number of benzene rings is 1. The maximum atomic E-state index is 12.8. The molecule has 0 spiro atoms. The summed E-state index contributed by atoms with van der Waals surface area (Å²) in [5.41, 5.74) is 0.676. The molecule has 1 aromatic carbocycles. The van der Waals surface area contributed by atoms with Gasteiger partial charge in [-0.25, -0.2) is 8.78 Å². The van der Waals surface area contributed by atoms with E-state index < -0.39 is 11.6 Å². The molecule has 0 aliphatic rings. The Balaban J connectivity index is 2.75. The van der Waals surface area contributed by atoms with Crippen LogP contribution in [0.4, 0.5) is 8.78 Å². The molecule has 0 fully saturated rings. The first kappa shape index (κ1) is 11.4. The molecular formula is C11H13ClF2. The van der Waals surface area contributed by atoms with Crippen molar-refractivity contribution in [1.82, 2.24) is 0 Å². The van der Waals surface area contributed by atoms with E-state index in [1.54, 1.807) is 0 Å². The van der Waals surface area contributed by atoms with Crippen LogP contribution in [-0.2, 0) is 6.42 Å². The molecule has 1 aromatic rings. The summed E-state index contributed by atoms with van der Waals surface area (Å²) in [6, 6.07) is 3.60. The van der Waals surface area contributed by atoms with Crippen molar-refractivity contribution >= 4 is 11.6 Å². The summed E-state index contributed by atoms with van der Waals surface area (Å²) in [5, 5.41) is 0. The predicted molar refractivity (Wildman–Crippen MR) is 54.6 cm³/mol. The Morgan fingerprint density at radius 3 is 2.21 bits per heavy atom. The van der Waals surface area contributed by atoms with Crippen molar-refractivity contribution < 1.29 is 8.78 Å². The van der Waals surface area contributed by atoms with Gasteiger partial charge in [-0.3, -0.25) is 0 Å². The molecule has 0 heterocycles. The molecule has 0 aromatic heterocycles. The van der Waals surface area contributed by atoms with Crippen molar-refractivity contribution in [1.29, 1.82) is 0 Å². The third-order valence-corrected chi connectivity index (χ3v) is 2.68. The van der Waals surface area contributed by atoms with Crippen LogP contribution in [-0.4, -0.2) is 5.88 Å². The molecule has 78 valence electrons. The second-order valence-electron chi connectivity index (χ2n) is 3.41. The molecule has 1 atom stereocenters. The van der Waals surface area contributed by atoms with E-state index in [-0.39, 0.29) is 5.92 Å². The molecule has 0 bridgehead atoms. The minimum Gasteiger partial charge on any atom is -0.207 e. The van der Waals surface area contributed by atoms with Crippen LogP contribution in [0.1, 0.15) is 18.9 Å². The summed E-state index contributed by atoms with van der Waals surface area (Å²) in [6.45, 7) is 2.02. The highest BCUT2D eigenvalue weighted by molar-refractivity contribution is 6.18. The van der Waals surface area contributed by atoms with Crippen LogP contribution in [0.2, 0.25) is 0 Å². The zero-order chi connectivity index (χ0) is 10.6. The number of hydrogen-bond acceptors (Lipinski definition) is 0. The van der Waals surface area contributed by atoms with Gasteiger partial charge >= 0.3 is 0 Å². The Hall–Kier alpha value is -0.630. The first-order valence-corrected chi connectivity index (χ1v) is 5.20. The number of rotatable bonds is 4. The van der Waals surface area contributed by atoms with Crippen LogP contribution in [0, 0.1) is 17.6 Å². The van der Waals surface area contributed by atoms with E-state index in [9.17, 15) is 8.78 Å². The lowest BCUT2D eigenvalue weighted by Gasteiger charge is -2.10. The van der Waals surface area contributed by atoms with Gasteiger partial charge in [-0.05, 0) is 30.0 Å². The molecule has 1 rings (SSSR count). The molecule has 0 amide bonds. The molecule has 0 saturated carbocycles. The standard InChI is InChI=1S/C11H13ClF2/c1-2-8(7-12)3-9-4-10(13)6-11(14)5-9/h4-6,8H,2-3,7H2,1H3. The van der Waals surface area contributed by atoms with Gasteiger partial charge in [-0.2, -0.15) is 0 Å². The van der Waals surface area contributed by atoms with Gasteiger partial charge in [0.1, 0.15) is 11.6 Å². The van der Waals surface area contributed by atoms with Gasteiger partial charge in [-0.1, -0.05) is 13.3 Å². The minimum atomic E-state index is -0.524.